The summed E-state index contributed by atoms with van der Waals surface area (Å²) in [6.07, 6.45) is 24.4. The predicted octanol–water partition coefficient (Wildman–Crippen LogP) is 8.04. The second-order valence-electron chi connectivity index (χ2n) is 10.5. The summed E-state index contributed by atoms with van der Waals surface area (Å²) in [5.41, 5.74) is 0. The van der Waals surface area contributed by atoms with Crippen molar-refractivity contribution in [3.63, 3.8) is 0 Å². The van der Waals surface area contributed by atoms with Crippen molar-refractivity contribution in [1.29, 1.82) is 0 Å². The Kier molecular flexibility index (Phi) is 20.7. The third-order valence-corrected chi connectivity index (χ3v) is 6.33. The number of rotatable bonds is 24. The average Bonchev–Trinajstić information content (AvgIpc) is 2.70. The smallest absolute Gasteiger partial charge is 0.186 e. The van der Waals surface area contributed by atoms with E-state index in [4.69, 9.17) is 0 Å². The molecule has 184 valence electrons. The molecular formula is C28H56NO2+. The number of nitrogens with zero attached hydrogens (tertiary/aromatic N) is 1. The highest BCUT2D eigenvalue weighted by Gasteiger charge is 2.23. The van der Waals surface area contributed by atoms with E-state index in [0.29, 0.717) is 42.0 Å². The molecule has 0 aromatic carbocycles. The molecule has 0 N–H and O–H groups in total. The number of carbonyl (C=O) groups is 2. The van der Waals surface area contributed by atoms with Crippen LogP contribution >= 0.6 is 0 Å². The lowest BCUT2D eigenvalue weighted by atomic mass is 10.0. The zero-order valence-corrected chi connectivity index (χ0v) is 21.8. The Balaban J connectivity index is 3.67. The number of likely N-dealkylation sites (N-methyl/N-ethyl adjacent to an activating group) is 1. The normalized spacial score (nSPS) is 11.7. The van der Waals surface area contributed by atoms with Crippen LogP contribution in [-0.2, 0) is 9.59 Å². The molecule has 0 bridgehead atoms. The molecular weight excluding hydrogens is 382 g/mol. The van der Waals surface area contributed by atoms with Gasteiger partial charge in [-0.05, 0) is 12.8 Å². The molecule has 0 aliphatic carbocycles. The highest BCUT2D eigenvalue weighted by Crippen LogP contribution is 2.13. The molecule has 0 unspecified atom stereocenters. The summed E-state index contributed by atoms with van der Waals surface area (Å²) < 4.78 is 0.520. The maximum Gasteiger partial charge on any atom is 0.186 e. The van der Waals surface area contributed by atoms with Gasteiger partial charge in [0.2, 0.25) is 0 Å². The van der Waals surface area contributed by atoms with Crippen molar-refractivity contribution >= 4 is 11.6 Å². The second-order valence-corrected chi connectivity index (χ2v) is 10.5. The number of unbranched alkanes of at least 4 members (excludes halogenated alkanes) is 16. The summed E-state index contributed by atoms with van der Waals surface area (Å²) in [6, 6.07) is 0. The van der Waals surface area contributed by atoms with Crippen LogP contribution in [0, 0.1) is 0 Å². The number of hydrogen-bond donors (Lipinski definition) is 0. The van der Waals surface area contributed by atoms with E-state index in [9.17, 15) is 9.59 Å². The van der Waals surface area contributed by atoms with Gasteiger partial charge in [0.25, 0.3) is 0 Å². The third kappa shape index (κ3) is 22.3. The van der Waals surface area contributed by atoms with E-state index in [0.717, 1.165) is 12.8 Å². The largest absolute Gasteiger partial charge is 0.316 e. The molecule has 0 aromatic rings. The fourth-order valence-corrected chi connectivity index (χ4v) is 4.43. The molecule has 0 spiro atoms. The molecule has 0 heterocycles. The van der Waals surface area contributed by atoms with E-state index in [2.05, 4.69) is 13.8 Å². The summed E-state index contributed by atoms with van der Waals surface area (Å²) in [5.74, 6) is 0.646. The Bertz CT molecular complexity index is 393. The Hall–Kier alpha value is -0.700. The molecule has 0 saturated heterocycles. The van der Waals surface area contributed by atoms with Gasteiger partial charge in [0.1, 0.15) is 13.1 Å². The molecule has 31 heavy (non-hydrogen) atoms. The Morgan fingerprint density at radius 1 is 0.452 bits per heavy atom. The van der Waals surface area contributed by atoms with Gasteiger partial charge in [-0.15, -0.1) is 0 Å². The average molecular weight is 439 g/mol. The molecule has 3 heteroatoms. The van der Waals surface area contributed by atoms with Gasteiger partial charge in [0, 0.05) is 12.8 Å². The van der Waals surface area contributed by atoms with Crippen LogP contribution in [0.3, 0.4) is 0 Å². The number of Topliss-reactive ketones (excluding diaryl/α,β-unsaturated/α-hetero) is 2. The van der Waals surface area contributed by atoms with Crippen molar-refractivity contribution in [1.82, 2.24) is 0 Å². The van der Waals surface area contributed by atoms with Crippen molar-refractivity contribution in [3.05, 3.63) is 0 Å². The van der Waals surface area contributed by atoms with Crippen molar-refractivity contribution < 1.29 is 14.1 Å². The molecule has 0 aliphatic heterocycles. The van der Waals surface area contributed by atoms with Gasteiger partial charge in [-0.3, -0.25) is 9.59 Å². The van der Waals surface area contributed by atoms with Crippen LogP contribution in [0.15, 0.2) is 0 Å². The maximum atomic E-state index is 12.3. The first kappa shape index (κ1) is 30.3. The van der Waals surface area contributed by atoms with Gasteiger partial charge < -0.3 is 4.48 Å². The Morgan fingerprint density at radius 3 is 1.00 bits per heavy atom. The summed E-state index contributed by atoms with van der Waals surface area (Å²) >= 11 is 0. The van der Waals surface area contributed by atoms with Crippen molar-refractivity contribution in [3.8, 4) is 0 Å². The van der Waals surface area contributed by atoms with Crippen LogP contribution in [0.4, 0.5) is 0 Å². The topological polar surface area (TPSA) is 34.1 Å². The first-order valence-electron chi connectivity index (χ1n) is 13.8. The zero-order valence-electron chi connectivity index (χ0n) is 21.8. The molecule has 3 nitrogen and oxygen atoms in total. The SMILES string of the molecule is CCCCCCCCCCCC(=O)C[N+](C)(C)CC(=O)CCCCCCCCCCC. The minimum absolute atomic E-state index is 0.323. The molecule has 0 rings (SSSR count). The highest BCUT2D eigenvalue weighted by molar-refractivity contribution is 5.81. The molecule has 0 radical (unpaired) electrons. The fourth-order valence-electron chi connectivity index (χ4n) is 4.43. The van der Waals surface area contributed by atoms with E-state index in [1.165, 1.54) is 103 Å². The van der Waals surface area contributed by atoms with Crippen molar-refractivity contribution in [2.75, 3.05) is 27.2 Å². The minimum atomic E-state index is 0.323. The van der Waals surface area contributed by atoms with Gasteiger partial charge in [0.15, 0.2) is 11.6 Å². The first-order valence-corrected chi connectivity index (χ1v) is 13.8. The Morgan fingerprint density at radius 2 is 0.710 bits per heavy atom. The van der Waals surface area contributed by atoms with Crippen LogP contribution < -0.4 is 0 Å². The molecule has 0 saturated carbocycles. The number of carbonyl (C=O) groups excluding carboxylic acids is 2. The lowest BCUT2D eigenvalue weighted by molar-refractivity contribution is -0.874. The quantitative estimate of drug-likeness (QED) is 0.113. The second kappa shape index (κ2) is 21.2. The Labute approximate surface area is 195 Å². The van der Waals surface area contributed by atoms with Crippen LogP contribution in [0.5, 0.6) is 0 Å². The third-order valence-electron chi connectivity index (χ3n) is 6.33. The van der Waals surface area contributed by atoms with E-state index in [1.54, 1.807) is 0 Å². The van der Waals surface area contributed by atoms with Gasteiger partial charge in [-0.25, -0.2) is 0 Å². The molecule has 0 amide bonds. The summed E-state index contributed by atoms with van der Waals surface area (Å²) in [6.45, 7) is 5.51. The van der Waals surface area contributed by atoms with E-state index in [-0.39, 0.29) is 0 Å². The van der Waals surface area contributed by atoms with Crippen molar-refractivity contribution in [2.45, 2.75) is 142 Å². The number of hydrogen-bond acceptors (Lipinski definition) is 2. The van der Waals surface area contributed by atoms with Crippen LogP contribution in [-0.4, -0.2) is 43.2 Å². The van der Waals surface area contributed by atoms with Crippen LogP contribution in [0.25, 0.3) is 0 Å². The first-order chi connectivity index (χ1) is 14.9. The molecule has 0 aromatic heterocycles. The summed E-state index contributed by atoms with van der Waals surface area (Å²) in [5, 5.41) is 0. The zero-order chi connectivity index (χ0) is 23.2. The van der Waals surface area contributed by atoms with Gasteiger partial charge in [-0.2, -0.15) is 0 Å². The monoisotopic (exact) mass is 438 g/mol. The molecule has 0 fully saturated rings. The van der Waals surface area contributed by atoms with E-state index in [1.807, 2.05) is 14.1 Å². The fraction of sp³-hybridized carbons (Fsp3) is 0.929. The lowest BCUT2D eigenvalue weighted by Gasteiger charge is -2.28. The minimum Gasteiger partial charge on any atom is -0.316 e. The standard InChI is InChI=1S/C28H56NO2/c1-5-7-9-11-13-15-17-19-21-23-27(30)25-29(3,4)26-28(31)24-22-20-18-16-14-12-10-8-6-2/h5-26H2,1-4H3/q+1. The molecule has 0 atom stereocenters. The maximum absolute atomic E-state index is 12.3. The number of ketones is 2. The van der Waals surface area contributed by atoms with Crippen LogP contribution in [0.2, 0.25) is 0 Å². The molecule has 0 aliphatic rings. The van der Waals surface area contributed by atoms with E-state index < -0.39 is 0 Å². The highest BCUT2D eigenvalue weighted by atomic mass is 16.1. The predicted molar refractivity (Wildman–Crippen MR) is 136 cm³/mol. The van der Waals surface area contributed by atoms with E-state index >= 15 is 0 Å². The lowest BCUT2D eigenvalue weighted by Crippen LogP contribution is -2.47. The number of quaternary nitrogens is 1. The van der Waals surface area contributed by atoms with Gasteiger partial charge in [-0.1, -0.05) is 117 Å². The van der Waals surface area contributed by atoms with Crippen LogP contribution in [0.1, 0.15) is 142 Å². The van der Waals surface area contributed by atoms with Gasteiger partial charge in [0.05, 0.1) is 14.1 Å². The summed E-state index contributed by atoms with van der Waals surface area (Å²) in [4.78, 5) is 24.7. The van der Waals surface area contributed by atoms with Crippen molar-refractivity contribution in [2.24, 2.45) is 0 Å². The van der Waals surface area contributed by atoms with Gasteiger partial charge >= 0.3 is 0 Å². The summed E-state index contributed by atoms with van der Waals surface area (Å²) in [7, 11) is 4.06.